The maximum atomic E-state index is 9.10. The highest BCUT2D eigenvalue weighted by molar-refractivity contribution is 5.63. The first-order chi connectivity index (χ1) is 10.8. The lowest BCUT2D eigenvalue weighted by atomic mass is 10.0. The lowest BCUT2D eigenvalue weighted by molar-refractivity contribution is 0.272. The Morgan fingerprint density at radius 3 is 2.05 bits per heavy atom. The van der Waals surface area contributed by atoms with Gasteiger partial charge in [0.05, 0.1) is 6.61 Å². The van der Waals surface area contributed by atoms with Crippen molar-refractivity contribution in [3.63, 3.8) is 0 Å². The molecule has 116 valence electrons. The molecule has 1 saturated heterocycles. The number of hydrogen-bond donors (Lipinski definition) is 1. The second kappa shape index (κ2) is 7.08. The van der Waals surface area contributed by atoms with E-state index in [4.69, 9.17) is 5.11 Å². The standard InChI is InChI=1S/C20H25NO/c1-16-3-2-13-21(16)14-12-17-4-8-19(9-5-17)20-10-6-18(15-22)7-11-20/h4-11,16,22H,2-3,12-15H2,1H3. The third-order valence-electron chi connectivity index (χ3n) is 4.80. The Hall–Kier alpha value is -1.64. The molecule has 1 aliphatic heterocycles. The Labute approximate surface area is 133 Å². The number of benzene rings is 2. The van der Waals surface area contributed by atoms with Gasteiger partial charge in [-0.05, 0) is 55.0 Å². The largest absolute Gasteiger partial charge is 0.392 e. The summed E-state index contributed by atoms with van der Waals surface area (Å²) in [6, 6.07) is 17.8. The molecule has 0 saturated carbocycles. The molecule has 2 heteroatoms. The van der Waals surface area contributed by atoms with Gasteiger partial charge in [0.1, 0.15) is 0 Å². The van der Waals surface area contributed by atoms with Crippen molar-refractivity contribution in [2.24, 2.45) is 0 Å². The molecule has 1 fully saturated rings. The van der Waals surface area contributed by atoms with Gasteiger partial charge < -0.3 is 10.0 Å². The number of likely N-dealkylation sites (tertiary alicyclic amines) is 1. The number of aliphatic hydroxyl groups excluding tert-OH is 1. The lowest BCUT2D eigenvalue weighted by Crippen LogP contribution is -2.28. The van der Waals surface area contributed by atoms with E-state index in [0.717, 1.165) is 18.0 Å². The minimum atomic E-state index is 0.105. The van der Waals surface area contributed by atoms with Crippen molar-refractivity contribution in [2.45, 2.75) is 38.8 Å². The summed E-state index contributed by atoms with van der Waals surface area (Å²) in [7, 11) is 0. The van der Waals surface area contributed by atoms with E-state index in [1.54, 1.807) is 0 Å². The fraction of sp³-hybridized carbons (Fsp3) is 0.400. The predicted octanol–water partition coefficient (Wildman–Crippen LogP) is 3.87. The zero-order chi connectivity index (χ0) is 15.4. The summed E-state index contributed by atoms with van der Waals surface area (Å²) in [6.07, 6.45) is 3.83. The van der Waals surface area contributed by atoms with Crippen LogP contribution >= 0.6 is 0 Å². The second-order valence-electron chi connectivity index (χ2n) is 6.33. The van der Waals surface area contributed by atoms with E-state index in [2.05, 4.69) is 48.2 Å². The Morgan fingerprint density at radius 1 is 0.955 bits per heavy atom. The van der Waals surface area contributed by atoms with Gasteiger partial charge in [0.25, 0.3) is 0 Å². The molecule has 0 aromatic heterocycles. The summed E-state index contributed by atoms with van der Waals surface area (Å²) in [4.78, 5) is 2.60. The van der Waals surface area contributed by atoms with Crippen molar-refractivity contribution < 1.29 is 5.11 Å². The molecule has 0 bridgehead atoms. The van der Waals surface area contributed by atoms with Crippen LogP contribution < -0.4 is 0 Å². The van der Waals surface area contributed by atoms with E-state index in [-0.39, 0.29) is 6.61 Å². The SMILES string of the molecule is CC1CCCN1CCc1ccc(-c2ccc(CO)cc2)cc1. The predicted molar refractivity (Wildman–Crippen MR) is 91.8 cm³/mol. The Bertz CT molecular complexity index is 588. The molecule has 1 unspecified atom stereocenters. The van der Waals surface area contributed by atoms with Crippen LogP contribution in [-0.4, -0.2) is 29.1 Å². The average Bonchev–Trinajstić information content (AvgIpc) is 2.99. The Balaban J connectivity index is 1.61. The third kappa shape index (κ3) is 3.57. The molecule has 0 radical (unpaired) electrons. The van der Waals surface area contributed by atoms with Gasteiger partial charge >= 0.3 is 0 Å². The highest BCUT2D eigenvalue weighted by Crippen LogP contribution is 2.21. The molecule has 3 rings (SSSR count). The van der Waals surface area contributed by atoms with E-state index < -0.39 is 0 Å². The molecule has 0 amide bonds. The molecule has 2 aromatic rings. The van der Waals surface area contributed by atoms with Gasteiger partial charge in [-0.3, -0.25) is 0 Å². The van der Waals surface area contributed by atoms with Crippen LogP contribution in [0.1, 0.15) is 30.9 Å². The molecule has 1 N–H and O–H groups in total. The molecule has 2 nitrogen and oxygen atoms in total. The van der Waals surface area contributed by atoms with Crippen molar-refractivity contribution in [3.8, 4) is 11.1 Å². The molecule has 1 heterocycles. The van der Waals surface area contributed by atoms with Crippen LogP contribution in [0.15, 0.2) is 48.5 Å². The maximum absolute atomic E-state index is 9.10. The van der Waals surface area contributed by atoms with Gasteiger partial charge in [-0.1, -0.05) is 48.5 Å². The first-order valence-corrected chi connectivity index (χ1v) is 8.29. The topological polar surface area (TPSA) is 23.5 Å². The van der Waals surface area contributed by atoms with Crippen molar-refractivity contribution in [2.75, 3.05) is 13.1 Å². The molecule has 0 aliphatic carbocycles. The highest BCUT2D eigenvalue weighted by atomic mass is 16.3. The van der Waals surface area contributed by atoms with Gasteiger partial charge in [-0.15, -0.1) is 0 Å². The number of nitrogens with zero attached hydrogens (tertiary/aromatic N) is 1. The van der Waals surface area contributed by atoms with Crippen LogP contribution in [0.2, 0.25) is 0 Å². The van der Waals surface area contributed by atoms with Crippen LogP contribution in [0, 0.1) is 0 Å². The molecule has 0 spiro atoms. The van der Waals surface area contributed by atoms with Crippen molar-refractivity contribution in [1.82, 2.24) is 4.90 Å². The van der Waals surface area contributed by atoms with Crippen LogP contribution in [0.3, 0.4) is 0 Å². The number of hydrogen-bond acceptors (Lipinski definition) is 2. The third-order valence-corrected chi connectivity index (χ3v) is 4.80. The number of rotatable bonds is 5. The summed E-state index contributed by atoms with van der Waals surface area (Å²) >= 11 is 0. The van der Waals surface area contributed by atoms with Gasteiger partial charge in [-0.25, -0.2) is 0 Å². The molecule has 22 heavy (non-hydrogen) atoms. The summed E-state index contributed by atoms with van der Waals surface area (Å²) in [6.45, 7) is 4.88. The van der Waals surface area contributed by atoms with Gasteiger partial charge in [-0.2, -0.15) is 0 Å². The lowest BCUT2D eigenvalue weighted by Gasteiger charge is -2.20. The van der Waals surface area contributed by atoms with E-state index in [1.165, 1.54) is 42.6 Å². The Kier molecular flexibility index (Phi) is 4.91. The molecule has 2 aromatic carbocycles. The molecule has 1 atom stereocenters. The monoisotopic (exact) mass is 295 g/mol. The minimum absolute atomic E-state index is 0.105. The summed E-state index contributed by atoms with van der Waals surface area (Å²) < 4.78 is 0. The van der Waals surface area contributed by atoms with Crippen molar-refractivity contribution in [3.05, 3.63) is 59.7 Å². The molecular formula is C20H25NO. The quantitative estimate of drug-likeness (QED) is 0.905. The van der Waals surface area contributed by atoms with Crippen LogP contribution in [0.25, 0.3) is 11.1 Å². The minimum Gasteiger partial charge on any atom is -0.392 e. The zero-order valence-electron chi connectivity index (χ0n) is 13.3. The first-order valence-electron chi connectivity index (χ1n) is 8.29. The normalized spacial score (nSPS) is 18.7. The Morgan fingerprint density at radius 2 is 1.55 bits per heavy atom. The first kappa shape index (κ1) is 15.3. The van der Waals surface area contributed by atoms with E-state index in [1.807, 2.05) is 12.1 Å². The zero-order valence-corrected chi connectivity index (χ0v) is 13.3. The van der Waals surface area contributed by atoms with E-state index >= 15 is 0 Å². The van der Waals surface area contributed by atoms with E-state index in [9.17, 15) is 0 Å². The molecular weight excluding hydrogens is 270 g/mol. The maximum Gasteiger partial charge on any atom is 0.0681 e. The fourth-order valence-corrected chi connectivity index (χ4v) is 3.26. The number of aliphatic hydroxyl groups is 1. The van der Waals surface area contributed by atoms with Crippen molar-refractivity contribution in [1.29, 1.82) is 0 Å². The summed E-state index contributed by atoms with van der Waals surface area (Å²) in [5.41, 5.74) is 4.81. The van der Waals surface area contributed by atoms with Crippen LogP contribution in [-0.2, 0) is 13.0 Å². The van der Waals surface area contributed by atoms with Gasteiger partial charge in [0, 0.05) is 12.6 Å². The average molecular weight is 295 g/mol. The van der Waals surface area contributed by atoms with Crippen LogP contribution in [0.4, 0.5) is 0 Å². The fourth-order valence-electron chi connectivity index (χ4n) is 3.26. The van der Waals surface area contributed by atoms with Gasteiger partial charge in [0.2, 0.25) is 0 Å². The van der Waals surface area contributed by atoms with Crippen molar-refractivity contribution >= 4 is 0 Å². The smallest absolute Gasteiger partial charge is 0.0681 e. The second-order valence-corrected chi connectivity index (χ2v) is 6.33. The van der Waals surface area contributed by atoms with E-state index in [0.29, 0.717) is 0 Å². The van der Waals surface area contributed by atoms with Gasteiger partial charge in [0.15, 0.2) is 0 Å². The summed E-state index contributed by atoms with van der Waals surface area (Å²) in [5, 5.41) is 9.10. The highest BCUT2D eigenvalue weighted by Gasteiger charge is 2.19. The summed E-state index contributed by atoms with van der Waals surface area (Å²) in [5.74, 6) is 0. The van der Waals surface area contributed by atoms with Crippen LogP contribution in [0.5, 0.6) is 0 Å². The molecule has 1 aliphatic rings.